The maximum absolute atomic E-state index is 11.8. The van der Waals surface area contributed by atoms with Gasteiger partial charge in [0.25, 0.3) is 5.91 Å². The Hall–Kier alpha value is -1.66. The molecule has 2 amide bonds. The van der Waals surface area contributed by atoms with Crippen LogP contribution < -0.4 is 5.32 Å². The number of carbonyl (C=O) groups excluding carboxylic acids is 2. The van der Waals surface area contributed by atoms with Crippen LogP contribution >= 0.6 is 24.0 Å². The van der Waals surface area contributed by atoms with Crippen molar-refractivity contribution < 1.29 is 9.59 Å². The number of thioether (sulfide) groups is 1. The molecule has 0 aliphatic carbocycles. The molecule has 0 aromatic heterocycles. The summed E-state index contributed by atoms with van der Waals surface area (Å²) in [5.41, 5.74) is 1.62. The summed E-state index contributed by atoms with van der Waals surface area (Å²) < 4.78 is 0.561. The van der Waals surface area contributed by atoms with E-state index in [9.17, 15) is 9.59 Å². The number of thiocarbonyl (C=S) groups is 1. The van der Waals surface area contributed by atoms with Gasteiger partial charge in [-0.1, -0.05) is 36.1 Å². The standard InChI is InChI=1S/C13H12N2O2S2/c1-8(16)14-10-5-3-9(4-6-10)7-11-12(17)15(2)13(18)19-11/h3-7H,1-2H3,(H,14,16). The monoisotopic (exact) mass is 292 g/mol. The molecule has 0 bridgehead atoms. The maximum Gasteiger partial charge on any atom is 0.265 e. The minimum atomic E-state index is -0.111. The van der Waals surface area contributed by atoms with Gasteiger partial charge in [0, 0.05) is 19.7 Å². The molecule has 1 aliphatic rings. The summed E-state index contributed by atoms with van der Waals surface area (Å²) in [6, 6.07) is 7.26. The van der Waals surface area contributed by atoms with Crippen LogP contribution in [-0.4, -0.2) is 28.1 Å². The van der Waals surface area contributed by atoms with E-state index in [0.717, 1.165) is 11.3 Å². The number of carbonyl (C=O) groups is 2. The van der Waals surface area contributed by atoms with E-state index >= 15 is 0 Å². The van der Waals surface area contributed by atoms with Gasteiger partial charge >= 0.3 is 0 Å². The minimum absolute atomic E-state index is 0.0825. The third-order valence-electron chi connectivity index (χ3n) is 2.52. The first kappa shape index (κ1) is 13.8. The van der Waals surface area contributed by atoms with Gasteiger partial charge in [0.2, 0.25) is 5.91 Å². The molecule has 98 valence electrons. The first-order valence-corrected chi connectivity index (χ1v) is 6.79. The molecular formula is C13H12N2O2S2. The molecule has 0 unspecified atom stereocenters. The summed E-state index contributed by atoms with van der Waals surface area (Å²) in [7, 11) is 1.67. The zero-order valence-corrected chi connectivity index (χ0v) is 12.1. The van der Waals surface area contributed by atoms with Crippen LogP contribution in [0.2, 0.25) is 0 Å². The average Bonchev–Trinajstić information content (AvgIpc) is 2.59. The van der Waals surface area contributed by atoms with E-state index in [0.29, 0.717) is 9.23 Å². The summed E-state index contributed by atoms with van der Waals surface area (Å²) in [5.74, 6) is -0.194. The highest BCUT2D eigenvalue weighted by molar-refractivity contribution is 8.26. The molecule has 4 nitrogen and oxygen atoms in total. The van der Waals surface area contributed by atoms with E-state index in [4.69, 9.17) is 12.2 Å². The molecule has 1 fully saturated rings. The van der Waals surface area contributed by atoms with E-state index in [-0.39, 0.29) is 11.8 Å². The zero-order chi connectivity index (χ0) is 14.0. The first-order valence-electron chi connectivity index (χ1n) is 5.56. The van der Waals surface area contributed by atoms with Gasteiger partial charge in [-0.15, -0.1) is 0 Å². The van der Waals surface area contributed by atoms with Crippen molar-refractivity contribution in [1.82, 2.24) is 4.90 Å². The fourth-order valence-corrected chi connectivity index (χ4v) is 2.74. The molecule has 0 radical (unpaired) electrons. The number of likely N-dealkylation sites (N-methyl/N-ethyl adjacent to an activating group) is 1. The van der Waals surface area contributed by atoms with Crippen LogP contribution in [0.15, 0.2) is 29.2 Å². The highest BCUT2D eigenvalue weighted by Crippen LogP contribution is 2.31. The Morgan fingerprint density at radius 3 is 2.47 bits per heavy atom. The molecule has 1 heterocycles. The van der Waals surface area contributed by atoms with Crippen LogP contribution in [0.1, 0.15) is 12.5 Å². The number of benzene rings is 1. The van der Waals surface area contributed by atoms with Crippen LogP contribution in [0.4, 0.5) is 5.69 Å². The number of amides is 2. The smallest absolute Gasteiger partial charge is 0.265 e. The first-order chi connectivity index (χ1) is 8.97. The van der Waals surface area contributed by atoms with Crippen LogP contribution in [0.5, 0.6) is 0 Å². The molecule has 1 aliphatic heterocycles. The summed E-state index contributed by atoms with van der Waals surface area (Å²) in [6.07, 6.45) is 1.79. The Bertz CT molecular complexity index is 579. The Balaban J connectivity index is 2.18. The van der Waals surface area contributed by atoms with Gasteiger partial charge in [-0.05, 0) is 23.8 Å². The number of hydrogen-bond acceptors (Lipinski definition) is 4. The lowest BCUT2D eigenvalue weighted by molar-refractivity contribution is -0.121. The summed E-state index contributed by atoms with van der Waals surface area (Å²) in [5, 5.41) is 2.69. The van der Waals surface area contributed by atoms with Gasteiger partial charge in [0.05, 0.1) is 4.91 Å². The molecule has 0 atom stereocenters. The fraction of sp³-hybridized carbons (Fsp3) is 0.154. The topological polar surface area (TPSA) is 49.4 Å². The average molecular weight is 292 g/mol. The predicted octanol–water partition coefficient (Wildman–Crippen LogP) is 2.48. The molecule has 1 N–H and O–H groups in total. The van der Waals surface area contributed by atoms with E-state index in [1.807, 2.05) is 12.1 Å². The third kappa shape index (κ3) is 3.21. The van der Waals surface area contributed by atoms with Crippen molar-refractivity contribution in [3.8, 4) is 0 Å². The fourth-order valence-electron chi connectivity index (χ4n) is 1.56. The third-order valence-corrected chi connectivity index (χ3v) is 4.00. The zero-order valence-electron chi connectivity index (χ0n) is 10.5. The van der Waals surface area contributed by atoms with Crippen LogP contribution in [0.3, 0.4) is 0 Å². The number of rotatable bonds is 2. The number of anilines is 1. The molecular weight excluding hydrogens is 280 g/mol. The molecule has 0 saturated carbocycles. The SMILES string of the molecule is CC(=O)Nc1ccc(C=C2SC(=S)N(C)C2=O)cc1. The highest BCUT2D eigenvalue weighted by Gasteiger charge is 2.28. The minimum Gasteiger partial charge on any atom is -0.326 e. The molecule has 19 heavy (non-hydrogen) atoms. The van der Waals surface area contributed by atoms with E-state index < -0.39 is 0 Å². The van der Waals surface area contributed by atoms with Gasteiger partial charge in [0.1, 0.15) is 4.32 Å². The largest absolute Gasteiger partial charge is 0.326 e. The Morgan fingerprint density at radius 1 is 1.37 bits per heavy atom. The van der Waals surface area contributed by atoms with Crippen molar-refractivity contribution in [2.45, 2.75) is 6.92 Å². The van der Waals surface area contributed by atoms with Gasteiger partial charge in [-0.3, -0.25) is 14.5 Å². The van der Waals surface area contributed by atoms with Crippen molar-refractivity contribution in [2.24, 2.45) is 0 Å². The van der Waals surface area contributed by atoms with Crippen molar-refractivity contribution in [3.05, 3.63) is 34.7 Å². The van der Waals surface area contributed by atoms with Gasteiger partial charge in [0.15, 0.2) is 0 Å². The number of nitrogens with one attached hydrogen (secondary N) is 1. The number of nitrogens with zero attached hydrogens (tertiary/aromatic N) is 1. The predicted molar refractivity (Wildman–Crippen MR) is 81.7 cm³/mol. The van der Waals surface area contributed by atoms with Crippen LogP contribution in [0, 0.1) is 0 Å². The molecule has 1 aromatic rings. The Labute approximate surface area is 120 Å². The maximum atomic E-state index is 11.8. The van der Waals surface area contributed by atoms with Crippen molar-refractivity contribution in [2.75, 3.05) is 12.4 Å². The van der Waals surface area contributed by atoms with Crippen molar-refractivity contribution >= 4 is 51.9 Å². The quantitative estimate of drug-likeness (QED) is 0.672. The lowest BCUT2D eigenvalue weighted by Crippen LogP contribution is -2.22. The lowest BCUT2D eigenvalue weighted by Gasteiger charge is -2.04. The van der Waals surface area contributed by atoms with E-state index in [1.165, 1.54) is 23.6 Å². The second kappa shape index (κ2) is 5.54. The second-order valence-electron chi connectivity index (χ2n) is 4.04. The van der Waals surface area contributed by atoms with Gasteiger partial charge in [-0.25, -0.2) is 0 Å². The molecule has 6 heteroatoms. The van der Waals surface area contributed by atoms with E-state index in [2.05, 4.69) is 5.32 Å². The Morgan fingerprint density at radius 2 is 2.00 bits per heavy atom. The summed E-state index contributed by atoms with van der Waals surface area (Å²) in [4.78, 5) is 24.8. The lowest BCUT2D eigenvalue weighted by atomic mass is 10.2. The van der Waals surface area contributed by atoms with Crippen LogP contribution in [0.25, 0.3) is 6.08 Å². The molecule has 1 aromatic carbocycles. The molecule has 2 rings (SSSR count). The summed E-state index contributed by atoms with van der Waals surface area (Å²) >= 11 is 6.35. The van der Waals surface area contributed by atoms with Gasteiger partial charge in [-0.2, -0.15) is 0 Å². The van der Waals surface area contributed by atoms with Crippen molar-refractivity contribution in [1.29, 1.82) is 0 Å². The van der Waals surface area contributed by atoms with E-state index in [1.54, 1.807) is 25.3 Å². The highest BCUT2D eigenvalue weighted by atomic mass is 32.2. The second-order valence-corrected chi connectivity index (χ2v) is 5.72. The van der Waals surface area contributed by atoms with Gasteiger partial charge < -0.3 is 5.32 Å². The summed E-state index contributed by atoms with van der Waals surface area (Å²) in [6.45, 7) is 1.46. The Kier molecular flexibility index (Phi) is 4.01. The molecule has 0 spiro atoms. The molecule has 1 saturated heterocycles. The number of hydrogen-bond donors (Lipinski definition) is 1. The van der Waals surface area contributed by atoms with Crippen molar-refractivity contribution in [3.63, 3.8) is 0 Å². The normalized spacial score (nSPS) is 17.2. The van der Waals surface area contributed by atoms with Crippen LogP contribution in [-0.2, 0) is 9.59 Å².